The van der Waals surface area contributed by atoms with Gasteiger partial charge in [-0.2, -0.15) is 4.98 Å². The molecule has 1 N–H and O–H groups in total. The minimum atomic E-state index is -0.0830. The molecule has 1 aromatic heterocycles. The van der Waals surface area contributed by atoms with Crippen molar-refractivity contribution in [3.63, 3.8) is 0 Å². The molecule has 1 saturated heterocycles. The Morgan fingerprint density at radius 2 is 1.88 bits per heavy atom. The molecule has 2 aromatic carbocycles. The molecule has 2 amide bonds. The first-order chi connectivity index (χ1) is 15.5. The van der Waals surface area contributed by atoms with Gasteiger partial charge in [-0.3, -0.25) is 0 Å². The van der Waals surface area contributed by atoms with Crippen molar-refractivity contribution in [3.05, 3.63) is 60.0 Å². The molecule has 0 spiro atoms. The maximum atomic E-state index is 12.5. The van der Waals surface area contributed by atoms with Crippen molar-refractivity contribution < 1.29 is 18.8 Å². The van der Waals surface area contributed by atoms with E-state index in [9.17, 15) is 4.79 Å². The number of carbonyl (C=O) groups is 1. The van der Waals surface area contributed by atoms with Crippen molar-refractivity contribution in [3.8, 4) is 22.9 Å². The number of hydrogen-bond donors (Lipinski definition) is 1. The Balaban J connectivity index is 1.26. The molecule has 1 unspecified atom stereocenters. The minimum Gasteiger partial charge on any atom is -0.497 e. The second kappa shape index (κ2) is 9.72. The molecule has 4 rings (SSSR count). The van der Waals surface area contributed by atoms with Gasteiger partial charge in [-0.1, -0.05) is 31.1 Å². The number of amides is 2. The largest absolute Gasteiger partial charge is 0.497 e. The van der Waals surface area contributed by atoms with Crippen LogP contribution in [0, 0.1) is 0 Å². The zero-order chi connectivity index (χ0) is 22.5. The second-order valence-electron chi connectivity index (χ2n) is 8.12. The number of nitrogens with one attached hydrogen (secondary N) is 1. The highest BCUT2D eigenvalue weighted by Gasteiger charge is 2.27. The molecule has 1 atom stereocenters. The molecule has 0 saturated carbocycles. The van der Waals surface area contributed by atoms with Gasteiger partial charge >= 0.3 is 6.03 Å². The fraction of sp³-hybridized carbons (Fsp3) is 0.375. The summed E-state index contributed by atoms with van der Waals surface area (Å²) in [6.45, 7) is 5.72. The molecule has 3 aromatic rings. The number of likely N-dealkylation sites (tertiary alicyclic amines) is 1. The summed E-state index contributed by atoms with van der Waals surface area (Å²) < 4.78 is 16.5. The Labute approximate surface area is 187 Å². The normalized spacial score (nSPS) is 15.8. The third-order valence-electron chi connectivity index (χ3n) is 5.39. The fourth-order valence-corrected chi connectivity index (χ4v) is 3.50. The van der Waals surface area contributed by atoms with Crippen molar-refractivity contribution >= 4 is 6.03 Å². The Hall–Kier alpha value is -3.55. The zero-order valence-corrected chi connectivity index (χ0v) is 18.6. The molecule has 1 aliphatic rings. The number of ether oxygens (including phenoxy) is 2. The van der Waals surface area contributed by atoms with E-state index in [0.29, 0.717) is 31.3 Å². The van der Waals surface area contributed by atoms with E-state index in [0.717, 1.165) is 29.0 Å². The van der Waals surface area contributed by atoms with E-state index in [4.69, 9.17) is 14.0 Å². The van der Waals surface area contributed by atoms with Crippen LogP contribution in [0.1, 0.15) is 37.6 Å². The number of benzene rings is 2. The first kappa shape index (κ1) is 21.7. The van der Waals surface area contributed by atoms with Crippen LogP contribution < -0.4 is 14.8 Å². The zero-order valence-electron chi connectivity index (χ0n) is 18.6. The third kappa shape index (κ3) is 5.19. The summed E-state index contributed by atoms with van der Waals surface area (Å²) in [6.07, 6.45) is 0.755. The number of carbonyl (C=O) groups excluding carboxylic acids is 1. The van der Waals surface area contributed by atoms with E-state index in [1.807, 2.05) is 62.4 Å². The fourth-order valence-electron chi connectivity index (χ4n) is 3.50. The highest BCUT2D eigenvalue weighted by Crippen LogP contribution is 2.24. The lowest BCUT2D eigenvalue weighted by molar-refractivity contribution is 0.186. The first-order valence-electron chi connectivity index (χ1n) is 10.8. The molecule has 2 heterocycles. The van der Waals surface area contributed by atoms with Crippen molar-refractivity contribution in [2.24, 2.45) is 0 Å². The Bertz CT molecular complexity index is 1030. The van der Waals surface area contributed by atoms with Gasteiger partial charge in [0.05, 0.1) is 13.7 Å². The summed E-state index contributed by atoms with van der Waals surface area (Å²) in [7, 11) is 1.63. The van der Waals surface area contributed by atoms with E-state index >= 15 is 0 Å². The number of methoxy groups -OCH3 is 1. The van der Waals surface area contributed by atoms with Crippen LogP contribution in [0.4, 0.5) is 4.79 Å². The average Bonchev–Trinajstić information content (AvgIpc) is 3.49. The molecule has 1 aliphatic heterocycles. The molecule has 168 valence electrons. The number of hydrogen-bond acceptors (Lipinski definition) is 6. The van der Waals surface area contributed by atoms with Crippen molar-refractivity contribution in [2.75, 3.05) is 20.2 Å². The highest BCUT2D eigenvalue weighted by molar-refractivity contribution is 5.74. The summed E-state index contributed by atoms with van der Waals surface area (Å²) in [5.41, 5.74) is 1.90. The van der Waals surface area contributed by atoms with Gasteiger partial charge in [0.25, 0.3) is 0 Å². The standard InChI is InChI=1S/C24H28N4O4/c1-16(2)23-26-22(27-32-23)18-6-10-20(11-7-18)31-21-12-13-28(15-21)24(29)25-14-17-4-8-19(30-3)9-5-17/h4-11,16,21H,12-15H2,1-3H3,(H,25,29). The smallest absolute Gasteiger partial charge is 0.317 e. The molecular weight excluding hydrogens is 408 g/mol. The van der Waals surface area contributed by atoms with Gasteiger partial charge < -0.3 is 24.2 Å². The molecule has 32 heavy (non-hydrogen) atoms. The molecule has 8 heteroatoms. The van der Waals surface area contributed by atoms with Crippen LogP contribution in [0.2, 0.25) is 0 Å². The van der Waals surface area contributed by atoms with E-state index in [-0.39, 0.29) is 18.1 Å². The predicted octanol–water partition coefficient (Wildman–Crippen LogP) is 4.23. The van der Waals surface area contributed by atoms with Gasteiger partial charge in [-0.05, 0) is 42.0 Å². The lowest BCUT2D eigenvalue weighted by Gasteiger charge is -2.18. The van der Waals surface area contributed by atoms with Crippen LogP contribution >= 0.6 is 0 Å². The van der Waals surface area contributed by atoms with E-state index < -0.39 is 0 Å². The summed E-state index contributed by atoms with van der Waals surface area (Å²) in [4.78, 5) is 18.7. The first-order valence-corrected chi connectivity index (χ1v) is 10.8. The quantitative estimate of drug-likeness (QED) is 0.596. The molecule has 0 radical (unpaired) electrons. The maximum absolute atomic E-state index is 12.5. The number of aromatic nitrogens is 2. The Morgan fingerprint density at radius 3 is 2.53 bits per heavy atom. The topological polar surface area (TPSA) is 89.7 Å². The van der Waals surface area contributed by atoms with E-state index in [1.54, 1.807) is 12.0 Å². The van der Waals surface area contributed by atoms with Crippen LogP contribution in [0.5, 0.6) is 11.5 Å². The number of rotatable bonds is 7. The van der Waals surface area contributed by atoms with Crippen LogP contribution in [0.25, 0.3) is 11.4 Å². The van der Waals surface area contributed by atoms with Crippen LogP contribution in [0.15, 0.2) is 53.1 Å². The van der Waals surface area contributed by atoms with Crippen molar-refractivity contribution in [1.29, 1.82) is 0 Å². The van der Waals surface area contributed by atoms with E-state index in [1.165, 1.54) is 0 Å². The Kier molecular flexibility index (Phi) is 6.58. The molecule has 8 nitrogen and oxygen atoms in total. The summed E-state index contributed by atoms with van der Waals surface area (Å²) in [6, 6.07) is 15.2. The van der Waals surface area contributed by atoms with Gasteiger partial charge in [0, 0.05) is 31.0 Å². The minimum absolute atomic E-state index is 0.0368. The SMILES string of the molecule is COc1ccc(CNC(=O)N2CCC(Oc3ccc(-c4noc(C(C)C)n4)cc3)C2)cc1. The summed E-state index contributed by atoms with van der Waals surface area (Å²) >= 11 is 0. The molecule has 0 aliphatic carbocycles. The lowest BCUT2D eigenvalue weighted by Crippen LogP contribution is -2.39. The van der Waals surface area contributed by atoms with Crippen LogP contribution in [0.3, 0.4) is 0 Å². The van der Waals surface area contributed by atoms with Gasteiger partial charge in [0.15, 0.2) is 0 Å². The predicted molar refractivity (Wildman–Crippen MR) is 120 cm³/mol. The third-order valence-corrected chi connectivity index (χ3v) is 5.39. The number of nitrogens with zero attached hydrogens (tertiary/aromatic N) is 3. The molecular formula is C24H28N4O4. The van der Waals surface area contributed by atoms with Gasteiger partial charge in [-0.15, -0.1) is 0 Å². The monoisotopic (exact) mass is 436 g/mol. The van der Waals surface area contributed by atoms with Gasteiger partial charge in [0.1, 0.15) is 17.6 Å². The van der Waals surface area contributed by atoms with E-state index in [2.05, 4.69) is 15.5 Å². The molecule has 1 fully saturated rings. The average molecular weight is 437 g/mol. The van der Waals surface area contributed by atoms with Crippen molar-refractivity contribution in [2.45, 2.75) is 38.8 Å². The highest BCUT2D eigenvalue weighted by atomic mass is 16.5. The Morgan fingerprint density at radius 1 is 1.16 bits per heavy atom. The van der Waals surface area contributed by atoms with Gasteiger partial charge in [-0.25, -0.2) is 4.79 Å². The summed E-state index contributed by atoms with van der Waals surface area (Å²) in [5, 5.41) is 7.00. The summed E-state index contributed by atoms with van der Waals surface area (Å²) in [5.74, 6) is 2.94. The van der Waals surface area contributed by atoms with Crippen LogP contribution in [-0.4, -0.2) is 47.4 Å². The van der Waals surface area contributed by atoms with Crippen LogP contribution in [-0.2, 0) is 6.54 Å². The maximum Gasteiger partial charge on any atom is 0.317 e. The van der Waals surface area contributed by atoms with Crippen molar-refractivity contribution in [1.82, 2.24) is 20.4 Å². The van der Waals surface area contributed by atoms with Gasteiger partial charge in [0.2, 0.25) is 11.7 Å². The number of urea groups is 1. The second-order valence-corrected chi connectivity index (χ2v) is 8.12. The lowest BCUT2D eigenvalue weighted by atomic mass is 10.2. The molecule has 0 bridgehead atoms.